The molecule has 0 aromatic rings. The van der Waals surface area contributed by atoms with Gasteiger partial charge < -0.3 is 136 Å². The molecule has 0 saturated carbocycles. The van der Waals surface area contributed by atoms with Gasteiger partial charge in [0.1, 0.15) is 79.4 Å². The van der Waals surface area contributed by atoms with Crippen LogP contribution >= 0.6 is 0 Å². The Balaban J connectivity index is 1.76. The Kier molecular flexibility index (Phi) is 20.6. The van der Waals surface area contributed by atoms with Gasteiger partial charge in [0.05, 0.1) is 62.9 Å². The molecule has 33 heteroatoms. The molecular formula is C39H63N3O30. The van der Waals surface area contributed by atoms with Crippen molar-refractivity contribution < 1.29 is 149 Å². The molecule has 0 bridgehead atoms. The van der Waals surface area contributed by atoms with E-state index >= 15 is 0 Å². The van der Waals surface area contributed by atoms with E-state index in [1.807, 2.05) is 0 Å². The van der Waals surface area contributed by atoms with E-state index in [1.54, 1.807) is 0 Å². The lowest BCUT2D eigenvalue weighted by molar-refractivity contribution is -0.373. The van der Waals surface area contributed by atoms with Gasteiger partial charge in [-0.1, -0.05) is 0 Å². The minimum Gasteiger partial charge on any atom is -0.477 e. The largest absolute Gasteiger partial charge is 0.477 e. The third-order valence-corrected chi connectivity index (χ3v) is 12.4. The molecule has 414 valence electrons. The normalized spacial score (nSPS) is 39.8. The Morgan fingerprint density at radius 3 is 1.21 bits per heavy atom. The van der Waals surface area contributed by atoms with Crippen LogP contribution in [0, 0.1) is 0 Å². The Morgan fingerprint density at radius 2 is 0.889 bits per heavy atom. The van der Waals surface area contributed by atoms with Gasteiger partial charge in [-0.2, -0.15) is 0 Å². The van der Waals surface area contributed by atoms with Crippen molar-refractivity contribution >= 4 is 35.6 Å². The van der Waals surface area contributed by atoms with Crippen molar-refractivity contribution in [1.29, 1.82) is 0 Å². The number of carboxylic acid groups (broad SMARTS) is 3. The number of aliphatic hydroxyl groups excluding tert-OH is 14. The summed E-state index contributed by atoms with van der Waals surface area (Å²) in [6.07, 6.45) is -42.5. The summed E-state index contributed by atoms with van der Waals surface area (Å²) in [6, 6.07) is -5.63. The van der Waals surface area contributed by atoms with E-state index in [0.717, 1.165) is 20.8 Å². The minimum absolute atomic E-state index is 0.868. The van der Waals surface area contributed by atoms with Crippen LogP contribution < -0.4 is 16.0 Å². The molecule has 0 aromatic carbocycles. The van der Waals surface area contributed by atoms with Gasteiger partial charge in [-0.25, -0.2) is 14.4 Å². The third-order valence-electron chi connectivity index (χ3n) is 12.4. The quantitative estimate of drug-likeness (QED) is 0.0479. The Morgan fingerprint density at radius 1 is 0.542 bits per heavy atom. The minimum atomic E-state index is -3.47. The predicted molar refractivity (Wildman–Crippen MR) is 220 cm³/mol. The fraction of sp³-hybridized carbons (Fsp3) is 0.846. The van der Waals surface area contributed by atoms with Crippen molar-refractivity contribution in [3.63, 3.8) is 0 Å². The maximum Gasteiger partial charge on any atom is 0.364 e. The van der Waals surface area contributed by atoms with Crippen molar-refractivity contribution in [2.45, 2.75) is 179 Å². The van der Waals surface area contributed by atoms with E-state index in [2.05, 4.69) is 16.0 Å². The topological polar surface area (TPSA) is 547 Å². The molecule has 0 aromatic heterocycles. The number of carbonyl (C=O) groups excluding carboxylic acids is 3. The molecule has 0 aliphatic carbocycles. The van der Waals surface area contributed by atoms with E-state index in [9.17, 15) is 116 Å². The number of aliphatic hydroxyl groups is 14. The Hall–Kier alpha value is -4.02. The van der Waals surface area contributed by atoms with Crippen LogP contribution in [0.2, 0.25) is 0 Å². The average Bonchev–Trinajstić information content (AvgIpc) is 3.30. The predicted octanol–water partition coefficient (Wildman–Crippen LogP) is -11.7. The molecule has 0 spiro atoms. The van der Waals surface area contributed by atoms with Gasteiger partial charge >= 0.3 is 17.9 Å². The van der Waals surface area contributed by atoms with Crippen molar-refractivity contribution in [1.82, 2.24) is 16.0 Å². The summed E-state index contributed by atoms with van der Waals surface area (Å²) in [4.78, 5) is 76.0. The molecule has 0 unspecified atom stereocenters. The number of hydrogen-bond acceptors (Lipinski definition) is 27. The van der Waals surface area contributed by atoms with Gasteiger partial charge in [-0.15, -0.1) is 0 Å². The smallest absolute Gasteiger partial charge is 0.364 e. The first kappa shape index (κ1) is 60.5. The summed E-state index contributed by atoms with van der Waals surface area (Å²) in [6.45, 7) is -2.52. The molecule has 4 saturated heterocycles. The van der Waals surface area contributed by atoms with Gasteiger partial charge in [-0.3, -0.25) is 14.4 Å². The number of carbonyl (C=O) groups is 6. The zero-order valence-corrected chi connectivity index (χ0v) is 38.4. The van der Waals surface area contributed by atoms with Crippen LogP contribution in [0.25, 0.3) is 0 Å². The van der Waals surface area contributed by atoms with Crippen LogP contribution in [-0.2, 0) is 61.9 Å². The molecule has 33 nitrogen and oxygen atoms in total. The lowest BCUT2D eigenvalue weighted by Crippen LogP contribution is -2.72. The first-order valence-electron chi connectivity index (χ1n) is 22.0. The fourth-order valence-electron chi connectivity index (χ4n) is 8.86. The van der Waals surface area contributed by atoms with Crippen LogP contribution in [0.5, 0.6) is 0 Å². The molecule has 4 aliphatic rings. The van der Waals surface area contributed by atoms with Gasteiger partial charge in [0.15, 0.2) is 6.29 Å². The maximum atomic E-state index is 13.3. The molecule has 20 N–H and O–H groups in total. The Labute approximate surface area is 405 Å². The van der Waals surface area contributed by atoms with Gasteiger partial charge in [-0.05, 0) is 0 Å². The standard InChI is InChI=1S/C39H63N3O30/c1-11(47)40-21-14(50)4-37(34(60)61,69-29(21)24(54)17(53)7-43)67-19(9-45)26(56)30-22(41-12(2)48)15(51)5-38(70-30,35(62)63)68-20(10-46)27(57)31-23(42-13(3)49)16(52)6-39(71-31,36(64)65)72-32-25(55)18(8-44)66-33(59)28(32)58/h14-33,43-46,50-59H,4-10H2,1-3H3,(H,40,47)(H,41,48)(H,42,49)(H,60,61)(H,62,63)(H,64,65)/t14-,15-,16-,17+,18+,19+,20+,21+,22+,23+,24+,25-,26+,27+,28+,29+,30+,31+,32-,33+,37+,38+,39-/m0/s1. The summed E-state index contributed by atoms with van der Waals surface area (Å²) in [5.74, 6) is -19.5. The number of ether oxygens (including phenoxy) is 7. The first-order chi connectivity index (χ1) is 33.5. The van der Waals surface area contributed by atoms with E-state index < -0.39 is 221 Å². The van der Waals surface area contributed by atoms with Crippen LogP contribution in [-0.4, -0.2) is 288 Å². The number of rotatable bonds is 22. The van der Waals surface area contributed by atoms with Crippen molar-refractivity contribution in [3.8, 4) is 0 Å². The molecule has 4 fully saturated rings. The van der Waals surface area contributed by atoms with E-state index in [1.165, 1.54) is 0 Å². The summed E-state index contributed by atoms with van der Waals surface area (Å²) in [5.41, 5.74) is 0. The first-order valence-corrected chi connectivity index (χ1v) is 22.0. The third kappa shape index (κ3) is 12.9. The van der Waals surface area contributed by atoms with Gasteiger partial charge in [0.25, 0.3) is 17.4 Å². The molecular weight excluding hydrogens is 990 g/mol. The number of nitrogens with one attached hydrogen (secondary N) is 3. The van der Waals surface area contributed by atoms with Crippen molar-refractivity contribution in [2.24, 2.45) is 0 Å². The zero-order valence-electron chi connectivity index (χ0n) is 38.4. The molecule has 4 rings (SSSR count). The number of amides is 3. The van der Waals surface area contributed by atoms with Crippen LogP contribution in [0.4, 0.5) is 0 Å². The van der Waals surface area contributed by atoms with Crippen molar-refractivity contribution in [3.05, 3.63) is 0 Å². The molecule has 4 heterocycles. The Bertz CT molecular complexity index is 1900. The highest BCUT2D eigenvalue weighted by atomic mass is 16.8. The molecule has 23 atom stereocenters. The van der Waals surface area contributed by atoms with Gasteiger partial charge in [0.2, 0.25) is 17.7 Å². The van der Waals surface area contributed by atoms with E-state index in [0.29, 0.717) is 0 Å². The zero-order chi connectivity index (χ0) is 54.5. The lowest BCUT2D eigenvalue weighted by Gasteiger charge is -2.51. The number of aliphatic carboxylic acids is 3. The van der Waals surface area contributed by atoms with E-state index in [-0.39, 0.29) is 0 Å². The summed E-state index contributed by atoms with van der Waals surface area (Å²) < 4.78 is 38.4. The second-order valence-corrected chi connectivity index (χ2v) is 17.6. The highest BCUT2D eigenvalue weighted by Gasteiger charge is 2.63. The lowest BCUT2D eigenvalue weighted by atomic mass is 9.86. The van der Waals surface area contributed by atoms with Crippen LogP contribution in [0.3, 0.4) is 0 Å². The molecule has 3 amide bonds. The highest BCUT2D eigenvalue weighted by Crippen LogP contribution is 2.41. The summed E-state index contributed by atoms with van der Waals surface area (Å²) in [5, 5.41) is 189. The fourth-order valence-corrected chi connectivity index (χ4v) is 8.86. The second-order valence-electron chi connectivity index (χ2n) is 17.6. The van der Waals surface area contributed by atoms with Crippen LogP contribution in [0.15, 0.2) is 0 Å². The molecule has 4 aliphatic heterocycles. The van der Waals surface area contributed by atoms with E-state index in [4.69, 9.17) is 33.2 Å². The highest BCUT2D eigenvalue weighted by molar-refractivity contribution is 5.78. The average molecular weight is 1050 g/mol. The summed E-state index contributed by atoms with van der Waals surface area (Å²) >= 11 is 0. The second kappa shape index (κ2) is 24.6. The van der Waals surface area contributed by atoms with Crippen LogP contribution in [0.1, 0.15) is 40.0 Å². The monoisotopic (exact) mass is 1050 g/mol. The summed E-state index contributed by atoms with van der Waals surface area (Å²) in [7, 11) is 0. The number of hydrogen-bond donors (Lipinski definition) is 20. The van der Waals surface area contributed by atoms with Crippen molar-refractivity contribution in [2.75, 3.05) is 26.4 Å². The maximum absolute atomic E-state index is 13.3. The SMILES string of the molecule is CC(=O)N[C@H]1[C@H]([C@H](O)[C@H](O)CO)O[C@@](O[C@H](CO)[C@@H](O)[C@@H]2O[C@@](O[C@H](CO)[C@@H](O)[C@@H]3O[C@@](O[C@@H]4[C@@H](O)[C@H](O)O[C@H](CO)[C@@H]4O)(C(=O)O)C[C@H](O)[C@H]3NC(C)=O)(C(=O)O)C[C@H](O)[C@H]2NC(C)=O)(C(=O)O)C[C@@H]1O. The number of carboxylic acids is 3. The molecule has 0 radical (unpaired) electrons. The van der Waals surface area contributed by atoms with Gasteiger partial charge in [0, 0.05) is 40.0 Å². The molecule has 72 heavy (non-hydrogen) atoms.